The van der Waals surface area contributed by atoms with E-state index >= 15 is 0 Å². The minimum atomic E-state index is 0.520. The van der Waals surface area contributed by atoms with Crippen LogP contribution >= 0.6 is 0 Å². The fourth-order valence-electron chi connectivity index (χ4n) is 2.11. The molecule has 0 atom stereocenters. The molecule has 2 fully saturated rings. The van der Waals surface area contributed by atoms with Crippen LogP contribution in [0.5, 0.6) is 0 Å². The normalized spacial score (nSPS) is 24.0. The van der Waals surface area contributed by atoms with Crippen molar-refractivity contribution in [1.82, 2.24) is 20.3 Å². The quantitative estimate of drug-likeness (QED) is 0.760. The van der Waals surface area contributed by atoms with Gasteiger partial charge in [-0.15, -0.1) is 5.10 Å². The van der Waals surface area contributed by atoms with E-state index in [0.717, 1.165) is 44.8 Å². The van der Waals surface area contributed by atoms with Crippen molar-refractivity contribution in [3.8, 4) is 0 Å². The lowest BCUT2D eigenvalue weighted by Gasteiger charge is -2.26. The highest BCUT2D eigenvalue weighted by Gasteiger charge is 2.23. The Balaban J connectivity index is 1.71. The van der Waals surface area contributed by atoms with Crippen molar-refractivity contribution in [3.63, 3.8) is 0 Å². The summed E-state index contributed by atoms with van der Waals surface area (Å²) in [7, 11) is 0. The van der Waals surface area contributed by atoms with Crippen LogP contribution in [0.15, 0.2) is 6.20 Å². The van der Waals surface area contributed by atoms with Crippen molar-refractivity contribution in [2.45, 2.75) is 24.8 Å². The molecule has 5 heteroatoms. The Bertz CT molecular complexity index is 328. The number of nitrogens with zero attached hydrogens (tertiary/aromatic N) is 3. The second-order valence-electron chi connectivity index (χ2n) is 4.32. The Labute approximate surface area is 88.8 Å². The minimum Gasteiger partial charge on any atom is -0.381 e. The Morgan fingerprint density at radius 1 is 1.33 bits per heavy atom. The SMILES string of the molecule is c1c(C2CCOCC2)nnn1C1CNC1. The van der Waals surface area contributed by atoms with Gasteiger partial charge in [0.15, 0.2) is 0 Å². The highest BCUT2D eigenvalue weighted by atomic mass is 16.5. The van der Waals surface area contributed by atoms with Gasteiger partial charge in [0.05, 0.1) is 11.7 Å². The third kappa shape index (κ3) is 1.77. The van der Waals surface area contributed by atoms with Gasteiger partial charge < -0.3 is 10.1 Å². The van der Waals surface area contributed by atoms with Gasteiger partial charge in [-0.1, -0.05) is 5.21 Å². The molecule has 3 rings (SSSR count). The first-order chi connectivity index (χ1) is 7.43. The van der Waals surface area contributed by atoms with Crippen LogP contribution in [0.25, 0.3) is 0 Å². The molecule has 5 nitrogen and oxygen atoms in total. The molecule has 0 aliphatic carbocycles. The van der Waals surface area contributed by atoms with Gasteiger partial charge in [0.25, 0.3) is 0 Å². The maximum absolute atomic E-state index is 5.34. The molecule has 0 unspecified atom stereocenters. The van der Waals surface area contributed by atoms with Gasteiger partial charge in [-0.2, -0.15) is 0 Å². The average molecular weight is 208 g/mol. The van der Waals surface area contributed by atoms with E-state index in [2.05, 4.69) is 21.8 Å². The number of hydrogen-bond acceptors (Lipinski definition) is 4. The zero-order chi connectivity index (χ0) is 10.1. The highest BCUT2D eigenvalue weighted by molar-refractivity contribution is 5.04. The van der Waals surface area contributed by atoms with E-state index < -0.39 is 0 Å². The van der Waals surface area contributed by atoms with Crippen molar-refractivity contribution in [1.29, 1.82) is 0 Å². The molecule has 1 aromatic rings. The van der Waals surface area contributed by atoms with Gasteiger partial charge in [0.2, 0.25) is 0 Å². The summed E-state index contributed by atoms with van der Waals surface area (Å²) in [6.45, 7) is 3.78. The lowest BCUT2D eigenvalue weighted by molar-refractivity contribution is 0.0845. The summed E-state index contributed by atoms with van der Waals surface area (Å²) in [5.41, 5.74) is 1.14. The van der Waals surface area contributed by atoms with Gasteiger partial charge in [0.1, 0.15) is 0 Å². The molecule has 0 saturated carbocycles. The highest BCUT2D eigenvalue weighted by Crippen LogP contribution is 2.25. The number of ether oxygens (including phenoxy) is 1. The van der Waals surface area contributed by atoms with E-state index in [0.29, 0.717) is 12.0 Å². The summed E-state index contributed by atoms with van der Waals surface area (Å²) < 4.78 is 7.34. The molecular formula is C10H16N4O. The Kier molecular flexibility index (Phi) is 2.42. The Morgan fingerprint density at radius 2 is 2.13 bits per heavy atom. The van der Waals surface area contributed by atoms with Crippen molar-refractivity contribution >= 4 is 0 Å². The lowest BCUT2D eigenvalue weighted by Crippen LogP contribution is -2.43. The average Bonchev–Trinajstić information content (AvgIpc) is 2.66. The zero-order valence-corrected chi connectivity index (χ0v) is 8.72. The molecule has 15 heavy (non-hydrogen) atoms. The summed E-state index contributed by atoms with van der Waals surface area (Å²) in [5, 5.41) is 11.7. The fourth-order valence-corrected chi connectivity index (χ4v) is 2.11. The maximum atomic E-state index is 5.34. The van der Waals surface area contributed by atoms with E-state index in [-0.39, 0.29) is 0 Å². The molecule has 0 bridgehead atoms. The van der Waals surface area contributed by atoms with E-state index in [4.69, 9.17) is 4.74 Å². The molecule has 0 spiro atoms. The summed E-state index contributed by atoms with van der Waals surface area (Å²) in [6.07, 6.45) is 4.28. The molecule has 0 amide bonds. The van der Waals surface area contributed by atoms with Crippen LogP contribution < -0.4 is 5.32 Å². The number of rotatable bonds is 2. The molecule has 1 N–H and O–H groups in total. The Morgan fingerprint density at radius 3 is 2.80 bits per heavy atom. The second kappa shape index (κ2) is 3.90. The molecule has 3 heterocycles. The van der Waals surface area contributed by atoms with Crippen molar-refractivity contribution in [3.05, 3.63) is 11.9 Å². The van der Waals surface area contributed by atoms with Crippen LogP contribution in [0.3, 0.4) is 0 Å². The Hall–Kier alpha value is -0.940. The molecular weight excluding hydrogens is 192 g/mol. The van der Waals surface area contributed by atoms with Crippen molar-refractivity contribution in [2.24, 2.45) is 0 Å². The van der Waals surface area contributed by atoms with Crippen molar-refractivity contribution in [2.75, 3.05) is 26.3 Å². The number of aromatic nitrogens is 3. The van der Waals surface area contributed by atoms with Gasteiger partial charge in [-0.3, -0.25) is 0 Å². The molecule has 2 aliphatic heterocycles. The van der Waals surface area contributed by atoms with E-state index in [9.17, 15) is 0 Å². The van der Waals surface area contributed by atoms with Crippen LogP contribution in [-0.2, 0) is 4.74 Å². The van der Waals surface area contributed by atoms with E-state index in [1.165, 1.54) is 0 Å². The van der Waals surface area contributed by atoms with Crippen molar-refractivity contribution < 1.29 is 4.74 Å². The summed E-state index contributed by atoms with van der Waals surface area (Å²) in [5.74, 6) is 0.556. The van der Waals surface area contributed by atoms with Gasteiger partial charge in [0, 0.05) is 38.4 Å². The standard InChI is InChI=1S/C10H16N4O/c1-3-15-4-2-8(1)10-7-14(13-12-10)9-5-11-6-9/h7-9,11H,1-6H2. The molecule has 0 aromatic carbocycles. The van der Waals surface area contributed by atoms with Crippen LogP contribution in [-0.4, -0.2) is 41.3 Å². The third-order valence-corrected chi connectivity index (χ3v) is 3.30. The largest absolute Gasteiger partial charge is 0.381 e. The van der Waals surface area contributed by atoms with Gasteiger partial charge in [-0.25, -0.2) is 4.68 Å². The second-order valence-corrected chi connectivity index (χ2v) is 4.32. The third-order valence-electron chi connectivity index (χ3n) is 3.30. The smallest absolute Gasteiger partial charge is 0.0859 e. The predicted octanol–water partition coefficient (Wildman–Crippen LogP) is 0.316. The fraction of sp³-hybridized carbons (Fsp3) is 0.800. The van der Waals surface area contributed by atoms with Crippen LogP contribution in [0.4, 0.5) is 0 Å². The van der Waals surface area contributed by atoms with E-state index in [1.807, 2.05) is 4.68 Å². The predicted molar refractivity (Wildman–Crippen MR) is 54.7 cm³/mol. The van der Waals surface area contributed by atoms with Crippen LogP contribution in [0, 0.1) is 0 Å². The molecule has 2 saturated heterocycles. The minimum absolute atomic E-state index is 0.520. The summed E-state index contributed by atoms with van der Waals surface area (Å²) >= 11 is 0. The van der Waals surface area contributed by atoms with Gasteiger partial charge in [-0.05, 0) is 12.8 Å². The summed E-state index contributed by atoms with van der Waals surface area (Å²) in [4.78, 5) is 0. The molecule has 82 valence electrons. The lowest BCUT2D eigenvalue weighted by atomic mass is 9.97. The molecule has 2 aliphatic rings. The maximum Gasteiger partial charge on any atom is 0.0859 e. The number of nitrogens with one attached hydrogen (secondary N) is 1. The first-order valence-corrected chi connectivity index (χ1v) is 5.63. The zero-order valence-electron chi connectivity index (χ0n) is 8.72. The topological polar surface area (TPSA) is 52.0 Å². The van der Waals surface area contributed by atoms with Crippen LogP contribution in [0.1, 0.15) is 30.5 Å². The molecule has 0 radical (unpaired) electrons. The van der Waals surface area contributed by atoms with E-state index in [1.54, 1.807) is 0 Å². The molecule has 1 aromatic heterocycles. The van der Waals surface area contributed by atoms with Crippen LogP contribution in [0.2, 0.25) is 0 Å². The first-order valence-electron chi connectivity index (χ1n) is 5.63. The van der Waals surface area contributed by atoms with Gasteiger partial charge >= 0.3 is 0 Å². The first kappa shape index (κ1) is 9.30. The summed E-state index contributed by atoms with van der Waals surface area (Å²) in [6, 6.07) is 0.520. The number of hydrogen-bond donors (Lipinski definition) is 1. The monoisotopic (exact) mass is 208 g/mol.